The molecule has 2 aromatic carbocycles. The molecule has 1 amide bonds. The highest BCUT2D eigenvalue weighted by molar-refractivity contribution is 7.94. The number of benzene rings is 2. The van der Waals surface area contributed by atoms with Gasteiger partial charge in [-0.15, -0.1) is 16.6 Å². The van der Waals surface area contributed by atoms with Crippen molar-refractivity contribution in [3.63, 3.8) is 0 Å². The standard InChI is InChI=1S/C15H13Cl2N3O2.C14H13F4N3O2S.C3H8NO5P.C3H9S/c1-2-7-22-13-9-12(10(16)8-11(13)17)20-15(21)19-6-4-3-5-14(19)18-20;1-8(2)21(10-5-3-9(15)4-6-10)11(22)7-23-13-20-19-12(24-13)14(16,17)18;5-3(6)1-4-2-10(7,8)9;1-4(2)3/h1,8-9H,3-7H2;3-6,8H,7H2,1-2H3;4H,1-2H2,(H,5,6)(H2,7,8,9);1-3H3/q;;;+1/p-1. The number of hydrogen-bond donors (Lipinski definition) is 3. The zero-order valence-corrected chi connectivity index (χ0v) is 36.8. The molecule has 0 bridgehead atoms. The monoisotopic (exact) mass is 945 g/mol. The van der Waals surface area contributed by atoms with Crippen LogP contribution >= 0.6 is 42.1 Å². The quantitative estimate of drug-likeness (QED) is 0.0750. The van der Waals surface area contributed by atoms with Gasteiger partial charge in [0.1, 0.15) is 31.6 Å². The summed E-state index contributed by atoms with van der Waals surface area (Å²) in [5, 5.41) is 19.7. The molecular weight excluding hydrogens is 904 g/mol. The van der Waals surface area contributed by atoms with Crippen LogP contribution in [-0.2, 0) is 44.2 Å². The Morgan fingerprint density at radius 2 is 1.77 bits per heavy atom. The van der Waals surface area contributed by atoms with Crippen LogP contribution in [0.4, 0.5) is 23.2 Å². The molecule has 1 aliphatic rings. The largest absolute Gasteiger partial charge is 0.778 e. The Hall–Kier alpha value is -4.20. The zero-order valence-electron chi connectivity index (χ0n) is 32.7. The summed E-state index contributed by atoms with van der Waals surface area (Å²) in [6, 6.07) is 8.13. The smallest absolute Gasteiger partial charge is 0.445 e. The minimum atomic E-state index is -4.61. The average Bonchev–Trinajstić information content (AvgIpc) is 3.76. The van der Waals surface area contributed by atoms with Crippen LogP contribution in [0.5, 0.6) is 10.9 Å². The van der Waals surface area contributed by atoms with Gasteiger partial charge in [-0.05, 0) is 67.9 Å². The highest BCUT2D eigenvalue weighted by atomic mass is 35.5. The number of aromatic nitrogens is 5. The van der Waals surface area contributed by atoms with E-state index in [9.17, 15) is 41.4 Å². The summed E-state index contributed by atoms with van der Waals surface area (Å²) in [6.07, 6.45) is 9.24. The number of halogens is 6. The Morgan fingerprint density at radius 1 is 1.13 bits per heavy atom. The van der Waals surface area contributed by atoms with E-state index in [1.165, 1.54) is 39.9 Å². The number of fused-ring (bicyclic) bond motifs is 1. The first-order valence-electron chi connectivity index (χ1n) is 17.2. The number of anilines is 1. The van der Waals surface area contributed by atoms with Crippen molar-refractivity contribution in [2.24, 2.45) is 0 Å². The normalized spacial score (nSPS) is 12.9. The van der Waals surface area contributed by atoms with Gasteiger partial charge < -0.3 is 33.8 Å². The predicted octanol–water partition coefficient (Wildman–Crippen LogP) is 4.86. The van der Waals surface area contributed by atoms with Gasteiger partial charge in [-0.3, -0.25) is 19.5 Å². The molecule has 60 heavy (non-hydrogen) atoms. The molecule has 330 valence electrons. The molecule has 1 aliphatic heterocycles. The van der Waals surface area contributed by atoms with Gasteiger partial charge in [-0.2, -0.15) is 17.9 Å². The lowest BCUT2D eigenvalue weighted by Gasteiger charge is -2.26. The van der Waals surface area contributed by atoms with Gasteiger partial charge in [0.05, 0.1) is 47.3 Å². The van der Waals surface area contributed by atoms with E-state index in [1.807, 2.05) is 5.32 Å². The number of carboxylic acid groups (broad SMARTS) is 1. The maximum Gasteiger partial charge on any atom is 0.445 e. The Morgan fingerprint density at radius 3 is 2.28 bits per heavy atom. The Kier molecular flexibility index (Phi) is 21.0. The summed E-state index contributed by atoms with van der Waals surface area (Å²) >= 11 is 12.5. The number of rotatable bonds is 12. The van der Waals surface area contributed by atoms with Crippen molar-refractivity contribution in [3.05, 3.63) is 73.6 Å². The van der Waals surface area contributed by atoms with Crippen LogP contribution < -0.4 is 30.3 Å². The second-order valence-electron chi connectivity index (χ2n) is 12.8. The Balaban J connectivity index is 0.000000317. The minimum absolute atomic E-state index is 0.0788. The van der Waals surface area contributed by atoms with Crippen molar-refractivity contribution in [3.8, 4) is 29.0 Å². The van der Waals surface area contributed by atoms with Crippen LogP contribution in [0.15, 0.2) is 41.2 Å². The van der Waals surface area contributed by atoms with Crippen molar-refractivity contribution >= 4 is 70.6 Å². The summed E-state index contributed by atoms with van der Waals surface area (Å²) < 4.78 is 73.6. The highest BCUT2D eigenvalue weighted by Crippen LogP contribution is 2.34. The molecule has 0 saturated heterocycles. The van der Waals surface area contributed by atoms with Gasteiger partial charge >= 0.3 is 17.8 Å². The molecule has 3 N–H and O–H groups in total. The summed E-state index contributed by atoms with van der Waals surface area (Å²) in [5.41, 5.74) is 0.681. The number of aliphatic carboxylic acids is 1. The molecule has 0 aliphatic carbocycles. The van der Waals surface area contributed by atoms with E-state index >= 15 is 0 Å². The maximum atomic E-state index is 13.0. The number of amides is 1. The molecule has 25 heteroatoms. The lowest BCUT2D eigenvalue weighted by atomic mass is 10.2. The predicted molar refractivity (Wildman–Crippen MR) is 220 cm³/mol. The number of nitrogens with zero attached hydrogens (tertiary/aromatic N) is 6. The summed E-state index contributed by atoms with van der Waals surface area (Å²) in [4.78, 5) is 53.9. The zero-order chi connectivity index (χ0) is 45.4. The van der Waals surface area contributed by atoms with E-state index < -0.39 is 55.9 Å². The first-order chi connectivity index (χ1) is 27.9. The van der Waals surface area contributed by atoms with E-state index in [0.717, 1.165) is 25.1 Å². The number of terminal acetylenes is 1. The number of nitrogens with one attached hydrogen (secondary N) is 1. The van der Waals surface area contributed by atoms with Crippen LogP contribution in [0.3, 0.4) is 0 Å². The lowest BCUT2D eigenvalue weighted by Crippen LogP contribution is -2.40. The van der Waals surface area contributed by atoms with Crippen LogP contribution in [0.2, 0.25) is 10.0 Å². The van der Waals surface area contributed by atoms with Gasteiger partial charge in [0.2, 0.25) is 5.01 Å². The fourth-order valence-electron chi connectivity index (χ4n) is 4.68. The van der Waals surface area contributed by atoms with Gasteiger partial charge in [0.25, 0.3) is 11.1 Å². The Labute approximate surface area is 359 Å². The van der Waals surface area contributed by atoms with Crippen molar-refractivity contribution in [2.75, 3.05) is 49.7 Å². The van der Waals surface area contributed by atoms with Crippen LogP contribution in [0.25, 0.3) is 5.69 Å². The van der Waals surface area contributed by atoms with Crippen molar-refractivity contribution < 1.29 is 56.1 Å². The molecular formula is C35H42Cl2F4N7O9PS2. The number of ether oxygens (including phenoxy) is 2. The molecule has 1 atom stereocenters. The van der Waals surface area contributed by atoms with E-state index in [0.29, 0.717) is 44.6 Å². The third-order valence-electron chi connectivity index (χ3n) is 6.96. The second-order valence-corrected chi connectivity index (χ2v) is 18.6. The van der Waals surface area contributed by atoms with Gasteiger partial charge in [-0.25, -0.2) is 9.18 Å². The molecule has 1 unspecified atom stereocenters. The van der Waals surface area contributed by atoms with E-state index in [4.69, 9.17) is 49.1 Å². The van der Waals surface area contributed by atoms with E-state index in [1.54, 1.807) is 24.5 Å². The molecule has 5 rings (SSSR count). The summed E-state index contributed by atoms with van der Waals surface area (Å²) in [7, 11) is -3.71. The fraction of sp³-hybridized carbons (Fsp3) is 0.429. The van der Waals surface area contributed by atoms with Crippen molar-refractivity contribution in [2.45, 2.75) is 51.9 Å². The van der Waals surface area contributed by atoms with E-state index in [-0.39, 0.29) is 34.9 Å². The Bertz CT molecular complexity index is 2180. The van der Waals surface area contributed by atoms with Gasteiger partial charge in [0, 0.05) is 30.8 Å². The van der Waals surface area contributed by atoms with Crippen LogP contribution in [-0.4, -0.2) is 97.3 Å². The third-order valence-corrected chi connectivity index (χ3v) is 9.06. The minimum Gasteiger partial charge on any atom is -0.778 e. The third kappa shape index (κ3) is 17.8. The molecule has 2 aromatic heterocycles. The number of aryl methyl sites for hydroxylation is 1. The first kappa shape index (κ1) is 51.9. The summed E-state index contributed by atoms with van der Waals surface area (Å²) in [6.45, 7) is 3.26. The number of alkyl halides is 3. The number of carboxylic acids is 1. The molecule has 0 saturated carbocycles. The molecule has 3 heterocycles. The average molecular weight is 947 g/mol. The van der Waals surface area contributed by atoms with E-state index in [2.05, 4.69) is 40.0 Å². The van der Waals surface area contributed by atoms with Crippen LogP contribution in [0.1, 0.15) is 37.5 Å². The highest BCUT2D eigenvalue weighted by Gasteiger charge is 2.36. The number of carbonyl (C=O) groups is 2. The summed E-state index contributed by atoms with van der Waals surface area (Å²) in [5.74, 6) is 1.39. The topological polar surface area (TPSA) is 214 Å². The maximum absolute atomic E-state index is 13.0. The number of hydrogen-bond acceptors (Lipinski definition) is 12. The second kappa shape index (κ2) is 24.3. The number of carbonyl (C=O) groups excluding carboxylic acids is 1. The molecule has 4 aromatic rings. The molecule has 0 radical (unpaired) electrons. The van der Waals surface area contributed by atoms with Crippen LogP contribution in [0, 0.1) is 18.2 Å². The fourth-order valence-corrected chi connectivity index (χ4v) is 6.15. The van der Waals surface area contributed by atoms with Crippen molar-refractivity contribution in [1.82, 2.24) is 29.9 Å². The molecule has 0 fully saturated rings. The van der Waals surface area contributed by atoms with Crippen molar-refractivity contribution in [1.29, 1.82) is 0 Å². The lowest BCUT2D eigenvalue weighted by molar-refractivity contribution is -0.193. The van der Waals surface area contributed by atoms with Gasteiger partial charge in [-0.1, -0.05) is 45.6 Å². The molecule has 16 nitrogen and oxygen atoms in total. The van der Waals surface area contributed by atoms with Gasteiger partial charge in [0.15, 0.2) is 6.61 Å². The first-order valence-corrected chi connectivity index (χ1v) is 23.0. The SMILES string of the molecule is C#CCOc1cc(-n2nc3n(c2=O)CCCC3)c(Cl)cc1Cl.CC(C)N(C(=O)COc1nnc(C(F)(F)F)s1)c1ccc(F)cc1.C[S+](C)C.O=C(O)CNCP(=O)([O-])O. The molecule has 0 spiro atoms.